The largest absolute Gasteiger partial charge is 0.481 e. The maximum Gasteiger partial charge on any atom is 0.303 e. The minimum atomic E-state index is -0.735. The second kappa shape index (κ2) is 9.02. The second-order valence-electron chi connectivity index (χ2n) is 3.99. The number of benzene rings is 1. The number of unbranched alkanes of at least 4 members (excludes halogenated alkanes) is 1. The lowest BCUT2D eigenvalue weighted by Crippen LogP contribution is -2.07. The van der Waals surface area contributed by atoms with E-state index in [1.807, 2.05) is 30.3 Å². The van der Waals surface area contributed by atoms with Gasteiger partial charge in [0.2, 0.25) is 0 Å². The fourth-order valence-corrected chi connectivity index (χ4v) is 1.86. The molecular formula is C13H20ClNO2. The molecule has 0 saturated heterocycles. The van der Waals surface area contributed by atoms with Crippen LogP contribution in [0, 0.1) is 0 Å². The average Bonchev–Trinajstić information content (AvgIpc) is 2.29. The van der Waals surface area contributed by atoms with E-state index in [1.165, 1.54) is 0 Å². The van der Waals surface area contributed by atoms with Crippen LogP contribution in [0.3, 0.4) is 0 Å². The summed E-state index contributed by atoms with van der Waals surface area (Å²) in [5, 5.41) is 8.88. The second-order valence-corrected chi connectivity index (χ2v) is 3.99. The van der Waals surface area contributed by atoms with E-state index in [9.17, 15) is 4.79 Å². The Morgan fingerprint density at radius 1 is 1.24 bits per heavy atom. The molecule has 17 heavy (non-hydrogen) atoms. The van der Waals surface area contributed by atoms with E-state index in [2.05, 4.69) is 0 Å². The lowest BCUT2D eigenvalue weighted by molar-refractivity contribution is -0.137. The van der Waals surface area contributed by atoms with Crippen molar-refractivity contribution in [2.75, 3.05) is 6.54 Å². The molecule has 0 aliphatic rings. The Kier molecular flexibility index (Phi) is 8.46. The molecule has 1 aromatic carbocycles. The van der Waals surface area contributed by atoms with Gasteiger partial charge in [-0.25, -0.2) is 0 Å². The van der Waals surface area contributed by atoms with Crippen molar-refractivity contribution in [3.05, 3.63) is 35.9 Å². The van der Waals surface area contributed by atoms with E-state index in [1.54, 1.807) is 0 Å². The molecule has 96 valence electrons. The van der Waals surface area contributed by atoms with E-state index >= 15 is 0 Å². The maximum atomic E-state index is 10.8. The van der Waals surface area contributed by atoms with E-state index in [0.29, 0.717) is 6.54 Å². The van der Waals surface area contributed by atoms with E-state index in [4.69, 9.17) is 10.8 Å². The molecule has 0 aliphatic heterocycles. The van der Waals surface area contributed by atoms with Crippen LogP contribution in [0.4, 0.5) is 0 Å². The minimum Gasteiger partial charge on any atom is -0.481 e. The standard InChI is InChI=1S/C13H19NO2.ClH/c14-9-5-4-8-12(10-13(15)16)11-6-2-1-3-7-11;/h1-3,6-7,12H,4-5,8-10,14H2,(H,15,16);1H. The normalized spacial score (nSPS) is 11.6. The van der Waals surface area contributed by atoms with Crippen LogP contribution in [0.1, 0.15) is 37.2 Å². The van der Waals surface area contributed by atoms with Crippen LogP contribution in [0.2, 0.25) is 0 Å². The molecular weight excluding hydrogens is 238 g/mol. The van der Waals surface area contributed by atoms with Crippen molar-refractivity contribution >= 4 is 18.4 Å². The van der Waals surface area contributed by atoms with Crippen LogP contribution in [0.5, 0.6) is 0 Å². The van der Waals surface area contributed by atoms with E-state index in [-0.39, 0.29) is 24.7 Å². The van der Waals surface area contributed by atoms with Crippen LogP contribution >= 0.6 is 12.4 Å². The van der Waals surface area contributed by atoms with Crippen molar-refractivity contribution < 1.29 is 9.90 Å². The monoisotopic (exact) mass is 257 g/mol. The van der Waals surface area contributed by atoms with Gasteiger partial charge in [-0.05, 0) is 30.9 Å². The molecule has 1 aromatic rings. The minimum absolute atomic E-state index is 0. The summed E-state index contributed by atoms with van der Waals surface area (Å²) in [4.78, 5) is 10.8. The number of hydrogen-bond donors (Lipinski definition) is 2. The smallest absolute Gasteiger partial charge is 0.303 e. The summed E-state index contributed by atoms with van der Waals surface area (Å²) < 4.78 is 0. The zero-order chi connectivity index (χ0) is 11.8. The van der Waals surface area contributed by atoms with Crippen LogP contribution in [0.25, 0.3) is 0 Å². The Morgan fingerprint density at radius 2 is 1.88 bits per heavy atom. The van der Waals surface area contributed by atoms with Gasteiger partial charge in [0.05, 0.1) is 6.42 Å². The van der Waals surface area contributed by atoms with Crippen molar-refractivity contribution in [2.45, 2.75) is 31.6 Å². The Balaban J connectivity index is 0.00000256. The highest BCUT2D eigenvalue weighted by Gasteiger charge is 2.14. The Morgan fingerprint density at radius 3 is 2.41 bits per heavy atom. The lowest BCUT2D eigenvalue weighted by Gasteiger charge is -2.14. The zero-order valence-corrected chi connectivity index (χ0v) is 10.7. The van der Waals surface area contributed by atoms with Gasteiger partial charge in [-0.2, -0.15) is 0 Å². The number of aliphatic carboxylic acids is 1. The molecule has 0 saturated carbocycles. The molecule has 0 radical (unpaired) electrons. The quantitative estimate of drug-likeness (QED) is 0.739. The summed E-state index contributed by atoms with van der Waals surface area (Å²) >= 11 is 0. The molecule has 0 bridgehead atoms. The van der Waals surface area contributed by atoms with Gasteiger partial charge in [-0.3, -0.25) is 4.79 Å². The molecule has 0 aromatic heterocycles. The molecule has 0 amide bonds. The summed E-state index contributed by atoms with van der Waals surface area (Å²) in [6, 6.07) is 9.84. The molecule has 0 spiro atoms. The lowest BCUT2D eigenvalue weighted by atomic mass is 9.91. The molecule has 1 rings (SSSR count). The number of carboxylic acids is 1. The fourth-order valence-electron chi connectivity index (χ4n) is 1.86. The highest BCUT2D eigenvalue weighted by Crippen LogP contribution is 2.25. The van der Waals surface area contributed by atoms with Gasteiger partial charge in [0.1, 0.15) is 0 Å². The van der Waals surface area contributed by atoms with Crippen molar-refractivity contribution in [1.29, 1.82) is 0 Å². The third kappa shape index (κ3) is 6.29. The van der Waals surface area contributed by atoms with Gasteiger partial charge in [0.25, 0.3) is 0 Å². The number of nitrogens with two attached hydrogens (primary N) is 1. The van der Waals surface area contributed by atoms with E-state index < -0.39 is 5.97 Å². The Bertz CT molecular complexity index is 316. The first-order chi connectivity index (χ1) is 7.74. The average molecular weight is 258 g/mol. The number of rotatable bonds is 7. The summed E-state index contributed by atoms with van der Waals surface area (Å²) in [5.74, 6) is -0.619. The van der Waals surface area contributed by atoms with Crippen molar-refractivity contribution in [1.82, 2.24) is 0 Å². The molecule has 1 unspecified atom stereocenters. The number of hydrogen-bond acceptors (Lipinski definition) is 2. The van der Waals surface area contributed by atoms with Crippen LogP contribution in [0.15, 0.2) is 30.3 Å². The third-order valence-electron chi connectivity index (χ3n) is 2.70. The van der Waals surface area contributed by atoms with E-state index in [0.717, 1.165) is 24.8 Å². The maximum absolute atomic E-state index is 10.8. The van der Waals surface area contributed by atoms with Crippen molar-refractivity contribution in [2.24, 2.45) is 5.73 Å². The highest BCUT2D eigenvalue weighted by molar-refractivity contribution is 5.85. The predicted molar refractivity (Wildman–Crippen MR) is 71.6 cm³/mol. The molecule has 3 nitrogen and oxygen atoms in total. The molecule has 4 heteroatoms. The molecule has 0 fully saturated rings. The number of carboxylic acid groups (broad SMARTS) is 1. The highest BCUT2D eigenvalue weighted by atomic mass is 35.5. The molecule has 0 heterocycles. The van der Waals surface area contributed by atoms with Gasteiger partial charge >= 0.3 is 5.97 Å². The van der Waals surface area contributed by atoms with Gasteiger partial charge in [0, 0.05) is 0 Å². The summed E-state index contributed by atoms with van der Waals surface area (Å²) in [5.41, 5.74) is 6.55. The van der Waals surface area contributed by atoms with Crippen LogP contribution in [-0.4, -0.2) is 17.6 Å². The van der Waals surface area contributed by atoms with Gasteiger partial charge in [0.15, 0.2) is 0 Å². The number of halogens is 1. The first-order valence-electron chi connectivity index (χ1n) is 5.71. The van der Waals surface area contributed by atoms with Crippen LogP contribution < -0.4 is 5.73 Å². The van der Waals surface area contributed by atoms with Gasteiger partial charge in [-0.1, -0.05) is 36.8 Å². The van der Waals surface area contributed by atoms with Crippen molar-refractivity contribution in [3.63, 3.8) is 0 Å². The Labute approximate surface area is 108 Å². The SMILES string of the molecule is Cl.NCCCCC(CC(=O)O)c1ccccc1. The molecule has 1 atom stereocenters. The van der Waals surface area contributed by atoms with Gasteiger partial charge in [-0.15, -0.1) is 12.4 Å². The summed E-state index contributed by atoms with van der Waals surface area (Å²) in [6.45, 7) is 0.675. The molecule has 0 aliphatic carbocycles. The van der Waals surface area contributed by atoms with Crippen molar-refractivity contribution in [3.8, 4) is 0 Å². The first-order valence-corrected chi connectivity index (χ1v) is 5.71. The predicted octanol–water partition coefficient (Wildman–Crippen LogP) is 2.80. The fraction of sp³-hybridized carbons (Fsp3) is 0.462. The summed E-state index contributed by atoms with van der Waals surface area (Å²) in [6.07, 6.45) is 3.05. The first kappa shape index (κ1) is 15.9. The summed E-state index contributed by atoms with van der Waals surface area (Å²) in [7, 11) is 0. The van der Waals surface area contributed by atoms with Crippen LogP contribution in [-0.2, 0) is 4.79 Å². The Hall–Kier alpha value is -1.06. The number of carbonyl (C=O) groups is 1. The zero-order valence-electron chi connectivity index (χ0n) is 9.84. The molecule has 3 N–H and O–H groups in total. The van der Waals surface area contributed by atoms with Gasteiger partial charge < -0.3 is 10.8 Å². The topological polar surface area (TPSA) is 63.3 Å². The third-order valence-corrected chi connectivity index (χ3v) is 2.70.